The average Bonchev–Trinajstić information content (AvgIpc) is 2.27. The molecule has 0 aromatic rings. The molecule has 1 fully saturated rings. The van der Waals surface area contributed by atoms with Gasteiger partial charge in [0.25, 0.3) is 0 Å². The molecule has 0 unspecified atom stereocenters. The van der Waals surface area contributed by atoms with Gasteiger partial charge >= 0.3 is 0 Å². The van der Waals surface area contributed by atoms with Gasteiger partial charge in [-0.25, -0.2) is 0 Å². The summed E-state index contributed by atoms with van der Waals surface area (Å²) in [5.41, 5.74) is 0.336. The predicted molar refractivity (Wildman–Crippen MR) is 81.0 cm³/mol. The van der Waals surface area contributed by atoms with E-state index in [9.17, 15) is 0 Å². The minimum atomic E-state index is 0.336. The SMILES string of the molecule is CC[C@@H]1CCC[C@@H](N[C@H](C)C(C)(C)CN(C)C)C1. The Balaban J connectivity index is 2.45. The van der Waals surface area contributed by atoms with Crippen molar-refractivity contribution in [1.82, 2.24) is 10.2 Å². The molecule has 0 aromatic carbocycles. The van der Waals surface area contributed by atoms with E-state index in [0.29, 0.717) is 11.5 Å². The maximum Gasteiger partial charge on any atom is 0.0105 e. The van der Waals surface area contributed by atoms with Gasteiger partial charge in [-0.3, -0.25) is 0 Å². The number of nitrogens with zero attached hydrogens (tertiary/aromatic N) is 1. The van der Waals surface area contributed by atoms with Crippen LogP contribution in [0.3, 0.4) is 0 Å². The normalized spacial score (nSPS) is 27.5. The zero-order chi connectivity index (χ0) is 13.8. The molecule has 1 rings (SSSR count). The Bertz CT molecular complexity index is 235. The van der Waals surface area contributed by atoms with Crippen LogP contribution in [0.1, 0.15) is 59.8 Å². The number of rotatable bonds is 6. The second kappa shape index (κ2) is 6.91. The molecule has 0 spiro atoms. The van der Waals surface area contributed by atoms with Gasteiger partial charge in [0, 0.05) is 18.6 Å². The molecule has 0 bridgehead atoms. The summed E-state index contributed by atoms with van der Waals surface area (Å²) in [5, 5.41) is 3.90. The van der Waals surface area contributed by atoms with Gasteiger partial charge in [0.15, 0.2) is 0 Å². The van der Waals surface area contributed by atoms with Crippen molar-refractivity contribution in [2.24, 2.45) is 11.3 Å². The van der Waals surface area contributed by atoms with Crippen LogP contribution in [0.25, 0.3) is 0 Å². The summed E-state index contributed by atoms with van der Waals surface area (Å²) < 4.78 is 0. The lowest BCUT2D eigenvalue weighted by molar-refractivity contribution is 0.157. The van der Waals surface area contributed by atoms with Gasteiger partial charge in [0.1, 0.15) is 0 Å². The Hall–Kier alpha value is -0.0800. The zero-order valence-corrected chi connectivity index (χ0v) is 13.4. The van der Waals surface area contributed by atoms with E-state index < -0.39 is 0 Å². The molecule has 0 aromatic heterocycles. The Morgan fingerprint density at radius 2 is 1.94 bits per heavy atom. The second-order valence-electron chi connectivity index (χ2n) is 7.25. The van der Waals surface area contributed by atoms with Crippen LogP contribution in [0.5, 0.6) is 0 Å². The van der Waals surface area contributed by atoms with E-state index in [2.05, 4.69) is 52.0 Å². The summed E-state index contributed by atoms with van der Waals surface area (Å²) in [7, 11) is 4.34. The summed E-state index contributed by atoms with van der Waals surface area (Å²) in [5.74, 6) is 0.959. The van der Waals surface area contributed by atoms with Crippen molar-refractivity contribution in [3.63, 3.8) is 0 Å². The predicted octanol–water partition coefficient (Wildman–Crippen LogP) is 3.52. The highest BCUT2D eigenvalue weighted by Gasteiger charge is 2.29. The Labute approximate surface area is 115 Å². The summed E-state index contributed by atoms with van der Waals surface area (Å²) in [6, 6.07) is 1.33. The molecule has 0 heterocycles. The molecule has 18 heavy (non-hydrogen) atoms. The third-order valence-electron chi connectivity index (χ3n) is 4.74. The van der Waals surface area contributed by atoms with E-state index in [1.807, 2.05) is 0 Å². The maximum atomic E-state index is 3.90. The van der Waals surface area contributed by atoms with Crippen molar-refractivity contribution in [2.75, 3.05) is 20.6 Å². The lowest BCUT2D eigenvalue weighted by Crippen LogP contribution is -2.50. The summed E-state index contributed by atoms with van der Waals surface area (Å²) in [6.07, 6.45) is 6.98. The summed E-state index contributed by atoms with van der Waals surface area (Å²) >= 11 is 0. The van der Waals surface area contributed by atoms with E-state index in [1.54, 1.807) is 0 Å². The van der Waals surface area contributed by atoms with Crippen LogP contribution in [0, 0.1) is 11.3 Å². The molecule has 0 aliphatic heterocycles. The van der Waals surface area contributed by atoms with Crippen molar-refractivity contribution < 1.29 is 0 Å². The molecule has 0 saturated heterocycles. The number of hydrogen-bond acceptors (Lipinski definition) is 2. The number of hydrogen-bond donors (Lipinski definition) is 1. The van der Waals surface area contributed by atoms with Gasteiger partial charge in [-0.05, 0) is 45.2 Å². The molecule has 1 saturated carbocycles. The first kappa shape index (κ1) is 16.0. The molecule has 2 nitrogen and oxygen atoms in total. The molecule has 108 valence electrons. The summed E-state index contributed by atoms with van der Waals surface area (Å²) in [4.78, 5) is 2.30. The van der Waals surface area contributed by atoms with Crippen molar-refractivity contribution in [2.45, 2.75) is 71.9 Å². The molecule has 1 aliphatic carbocycles. The fourth-order valence-corrected chi connectivity index (χ4v) is 3.34. The van der Waals surface area contributed by atoms with Crippen molar-refractivity contribution in [1.29, 1.82) is 0 Å². The largest absolute Gasteiger partial charge is 0.311 e. The van der Waals surface area contributed by atoms with E-state index in [-0.39, 0.29) is 0 Å². The van der Waals surface area contributed by atoms with E-state index in [0.717, 1.165) is 18.5 Å². The van der Waals surface area contributed by atoms with Gasteiger partial charge in [-0.15, -0.1) is 0 Å². The first-order chi connectivity index (χ1) is 8.35. The molecule has 1 aliphatic rings. The Morgan fingerprint density at radius 1 is 1.28 bits per heavy atom. The first-order valence-corrected chi connectivity index (χ1v) is 7.76. The third kappa shape index (κ3) is 4.89. The van der Waals surface area contributed by atoms with Gasteiger partial charge < -0.3 is 10.2 Å². The third-order valence-corrected chi connectivity index (χ3v) is 4.74. The minimum Gasteiger partial charge on any atom is -0.311 e. The van der Waals surface area contributed by atoms with Gasteiger partial charge in [-0.1, -0.05) is 40.0 Å². The lowest BCUT2D eigenvalue weighted by atomic mass is 9.81. The molecule has 0 amide bonds. The topological polar surface area (TPSA) is 15.3 Å². The van der Waals surface area contributed by atoms with Gasteiger partial charge in [-0.2, -0.15) is 0 Å². The van der Waals surface area contributed by atoms with Crippen LogP contribution in [0.4, 0.5) is 0 Å². The van der Waals surface area contributed by atoms with Crippen LogP contribution in [-0.2, 0) is 0 Å². The van der Waals surface area contributed by atoms with E-state index in [1.165, 1.54) is 32.1 Å². The van der Waals surface area contributed by atoms with Crippen molar-refractivity contribution >= 4 is 0 Å². The number of nitrogens with one attached hydrogen (secondary N) is 1. The molecule has 0 radical (unpaired) electrons. The minimum absolute atomic E-state index is 0.336. The fraction of sp³-hybridized carbons (Fsp3) is 1.00. The van der Waals surface area contributed by atoms with Crippen molar-refractivity contribution in [3.8, 4) is 0 Å². The van der Waals surface area contributed by atoms with Crippen LogP contribution < -0.4 is 5.32 Å². The molecule has 2 heteroatoms. The van der Waals surface area contributed by atoms with E-state index in [4.69, 9.17) is 0 Å². The Kier molecular flexibility index (Phi) is 6.13. The average molecular weight is 254 g/mol. The van der Waals surface area contributed by atoms with Crippen molar-refractivity contribution in [3.05, 3.63) is 0 Å². The molecule has 1 N–H and O–H groups in total. The van der Waals surface area contributed by atoms with Crippen LogP contribution in [0.15, 0.2) is 0 Å². The maximum absolute atomic E-state index is 3.90. The van der Waals surface area contributed by atoms with Gasteiger partial charge in [0.2, 0.25) is 0 Å². The van der Waals surface area contributed by atoms with Gasteiger partial charge in [0.05, 0.1) is 0 Å². The monoisotopic (exact) mass is 254 g/mol. The van der Waals surface area contributed by atoms with E-state index >= 15 is 0 Å². The second-order valence-corrected chi connectivity index (χ2v) is 7.25. The standard InChI is InChI=1S/C16H34N2/c1-7-14-9-8-10-15(11-14)17-13(2)16(3,4)12-18(5)6/h13-15,17H,7-12H2,1-6H3/t13-,14-,15-/m1/s1. The van der Waals surface area contributed by atoms with Crippen LogP contribution >= 0.6 is 0 Å². The fourth-order valence-electron chi connectivity index (χ4n) is 3.34. The highest BCUT2D eigenvalue weighted by atomic mass is 15.1. The Morgan fingerprint density at radius 3 is 2.50 bits per heavy atom. The highest BCUT2D eigenvalue weighted by Crippen LogP contribution is 2.29. The zero-order valence-electron chi connectivity index (χ0n) is 13.4. The quantitative estimate of drug-likeness (QED) is 0.780. The molecular weight excluding hydrogens is 220 g/mol. The highest BCUT2D eigenvalue weighted by molar-refractivity contribution is 4.87. The lowest BCUT2D eigenvalue weighted by Gasteiger charge is -2.39. The smallest absolute Gasteiger partial charge is 0.0105 e. The van der Waals surface area contributed by atoms with Crippen LogP contribution in [-0.4, -0.2) is 37.6 Å². The summed E-state index contributed by atoms with van der Waals surface area (Å²) in [6.45, 7) is 10.6. The molecule has 3 atom stereocenters. The van der Waals surface area contributed by atoms with Crippen LogP contribution in [0.2, 0.25) is 0 Å². The first-order valence-electron chi connectivity index (χ1n) is 7.76. The molecular formula is C16H34N2.